The van der Waals surface area contributed by atoms with Crippen molar-refractivity contribution in [2.75, 3.05) is 6.54 Å². The van der Waals surface area contributed by atoms with Crippen LogP contribution in [0.25, 0.3) is 0 Å². The molecule has 0 fully saturated rings. The van der Waals surface area contributed by atoms with Crippen molar-refractivity contribution in [3.63, 3.8) is 0 Å². The van der Waals surface area contributed by atoms with Crippen molar-refractivity contribution in [1.29, 1.82) is 0 Å². The number of hydrogen-bond acceptors (Lipinski definition) is 4. The molecule has 146 valence electrons. The van der Waals surface area contributed by atoms with Crippen molar-refractivity contribution in [1.82, 2.24) is 5.32 Å². The van der Waals surface area contributed by atoms with Gasteiger partial charge in [-0.15, -0.1) is 0 Å². The van der Waals surface area contributed by atoms with Gasteiger partial charge in [0.15, 0.2) is 0 Å². The van der Waals surface area contributed by atoms with Crippen LogP contribution in [0.1, 0.15) is 17.5 Å². The summed E-state index contributed by atoms with van der Waals surface area (Å²) in [6.07, 6.45) is 2.37. The highest BCUT2D eigenvalue weighted by Gasteiger charge is 2.25. The third kappa shape index (κ3) is 5.61. The van der Waals surface area contributed by atoms with Crippen LogP contribution < -0.4 is 11.1 Å². The molecule has 2 unspecified atom stereocenters. The lowest BCUT2D eigenvalue weighted by molar-refractivity contribution is -0.124. The first kappa shape index (κ1) is 19.5. The van der Waals surface area contributed by atoms with Gasteiger partial charge in [0.1, 0.15) is 6.26 Å². The van der Waals surface area contributed by atoms with Crippen molar-refractivity contribution < 1.29 is 19.1 Å². The van der Waals surface area contributed by atoms with Crippen LogP contribution in [0.3, 0.4) is 0 Å². The molecule has 3 rings (SSSR count). The summed E-state index contributed by atoms with van der Waals surface area (Å²) in [6.45, 7) is 0.323. The topological polar surface area (TPSA) is 90.7 Å². The molecule has 0 radical (unpaired) electrons. The Balaban J connectivity index is 1.42. The maximum Gasteiger partial charge on any atom is 0.289 e. The van der Waals surface area contributed by atoms with Crippen LogP contribution in [0.2, 0.25) is 0 Å². The molecule has 0 saturated heterocycles. The van der Waals surface area contributed by atoms with Gasteiger partial charge in [0.05, 0.1) is 0 Å². The second-order valence-corrected chi connectivity index (χ2v) is 6.69. The summed E-state index contributed by atoms with van der Waals surface area (Å²) >= 11 is 0. The Labute approximate surface area is 164 Å². The lowest BCUT2D eigenvalue weighted by atomic mass is 9.95. The van der Waals surface area contributed by atoms with Crippen molar-refractivity contribution >= 4 is 11.8 Å². The van der Waals surface area contributed by atoms with E-state index in [1.54, 1.807) is 0 Å². The summed E-state index contributed by atoms with van der Waals surface area (Å²) in [4.78, 5) is 24.0. The molecule has 0 saturated carbocycles. The van der Waals surface area contributed by atoms with Gasteiger partial charge in [-0.1, -0.05) is 60.7 Å². The number of carbonyl (C=O) groups is 2. The molecule has 0 aliphatic carbocycles. The average molecular weight is 380 g/mol. The number of ether oxygens (including phenoxy) is 2. The van der Waals surface area contributed by atoms with Gasteiger partial charge in [-0.05, 0) is 24.0 Å². The molecule has 1 aliphatic rings. The largest absolute Gasteiger partial charge is 0.458 e. The summed E-state index contributed by atoms with van der Waals surface area (Å²) in [7, 11) is 0. The highest BCUT2D eigenvalue weighted by atomic mass is 16.7. The SMILES string of the molecule is NC(=O)C(CCNC(=O)C1=COC(Cc2ccccc2)O1)Cc1ccccc1. The van der Waals surface area contributed by atoms with E-state index in [0.29, 0.717) is 25.8 Å². The molecular weight excluding hydrogens is 356 g/mol. The molecule has 28 heavy (non-hydrogen) atoms. The normalized spacial score (nSPS) is 16.4. The number of benzene rings is 2. The quantitative estimate of drug-likeness (QED) is 0.698. The monoisotopic (exact) mass is 380 g/mol. The van der Waals surface area contributed by atoms with Gasteiger partial charge < -0.3 is 20.5 Å². The van der Waals surface area contributed by atoms with Gasteiger partial charge >= 0.3 is 0 Å². The third-order valence-corrected chi connectivity index (χ3v) is 4.56. The number of rotatable bonds is 9. The zero-order chi connectivity index (χ0) is 19.8. The van der Waals surface area contributed by atoms with Crippen molar-refractivity contribution in [2.24, 2.45) is 11.7 Å². The second kappa shape index (κ2) is 9.60. The Bertz CT molecular complexity index is 821. The molecule has 1 aliphatic heterocycles. The molecule has 2 aromatic rings. The number of nitrogens with one attached hydrogen (secondary N) is 1. The molecule has 0 aromatic heterocycles. The summed E-state index contributed by atoms with van der Waals surface area (Å²) < 4.78 is 11.0. The molecular formula is C22H24N2O4. The molecule has 1 heterocycles. The fourth-order valence-electron chi connectivity index (χ4n) is 3.03. The second-order valence-electron chi connectivity index (χ2n) is 6.69. The molecule has 2 atom stereocenters. The first-order valence-electron chi connectivity index (χ1n) is 9.29. The number of nitrogens with two attached hydrogens (primary N) is 1. The lowest BCUT2D eigenvalue weighted by Gasteiger charge is -2.14. The molecule has 0 spiro atoms. The fourth-order valence-corrected chi connectivity index (χ4v) is 3.03. The minimum atomic E-state index is -0.514. The fraction of sp³-hybridized carbons (Fsp3) is 0.273. The Hall–Kier alpha value is -3.28. The van der Waals surface area contributed by atoms with Crippen molar-refractivity contribution in [2.45, 2.75) is 25.6 Å². The average Bonchev–Trinajstić information content (AvgIpc) is 3.17. The van der Waals surface area contributed by atoms with Crippen LogP contribution in [-0.2, 0) is 31.9 Å². The van der Waals surface area contributed by atoms with Crippen LogP contribution in [0.4, 0.5) is 0 Å². The lowest BCUT2D eigenvalue weighted by Crippen LogP contribution is -2.32. The third-order valence-electron chi connectivity index (χ3n) is 4.56. The predicted molar refractivity (Wildman–Crippen MR) is 105 cm³/mol. The van der Waals surface area contributed by atoms with E-state index >= 15 is 0 Å². The smallest absolute Gasteiger partial charge is 0.289 e. The van der Waals surface area contributed by atoms with Crippen molar-refractivity contribution in [3.05, 3.63) is 83.8 Å². The highest BCUT2D eigenvalue weighted by molar-refractivity contribution is 5.91. The number of primary amides is 1. The Morgan fingerprint density at radius 2 is 1.64 bits per heavy atom. The minimum Gasteiger partial charge on any atom is -0.458 e. The predicted octanol–water partition coefficient (Wildman–Crippen LogP) is 2.29. The van der Waals surface area contributed by atoms with E-state index in [9.17, 15) is 9.59 Å². The van der Waals surface area contributed by atoms with E-state index in [0.717, 1.165) is 11.1 Å². The Kier molecular flexibility index (Phi) is 6.68. The van der Waals surface area contributed by atoms with Crippen molar-refractivity contribution in [3.8, 4) is 0 Å². The first-order chi connectivity index (χ1) is 13.6. The molecule has 6 nitrogen and oxygen atoms in total. The number of carbonyl (C=O) groups excluding carboxylic acids is 2. The molecule has 6 heteroatoms. The standard InChI is InChI=1S/C22H24N2O4/c23-21(25)18(13-16-7-3-1-4-8-16)11-12-24-22(26)19-15-27-20(28-19)14-17-9-5-2-6-10-17/h1-10,15,18,20H,11-14H2,(H2,23,25)(H,24,26). The summed E-state index contributed by atoms with van der Waals surface area (Å²) in [5, 5.41) is 2.76. The number of hydrogen-bond donors (Lipinski definition) is 2. The molecule has 3 N–H and O–H groups in total. The van der Waals surface area contributed by atoms with Gasteiger partial charge in [-0.3, -0.25) is 9.59 Å². The summed E-state index contributed by atoms with van der Waals surface area (Å²) in [5.41, 5.74) is 7.61. The van der Waals surface area contributed by atoms with Crippen LogP contribution in [-0.4, -0.2) is 24.6 Å². The van der Waals surface area contributed by atoms with E-state index in [2.05, 4.69) is 5.32 Å². The summed E-state index contributed by atoms with van der Waals surface area (Å²) in [5.74, 6) is -0.943. The highest BCUT2D eigenvalue weighted by Crippen LogP contribution is 2.18. The van der Waals surface area contributed by atoms with E-state index in [-0.39, 0.29) is 23.5 Å². The van der Waals surface area contributed by atoms with E-state index in [1.807, 2.05) is 60.7 Å². The Morgan fingerprint density at radius 3 is 2.29 bits per heavy atom. The van der Waals surface area contributed by atoms with Gasteiger partial charge in [0, 0.05) is 18.9 Å². The summed E-state index contributed by atoms with van der Waals surface area (Å²) in [6, 6.07) is 19.4. The van der Waals surface area contributed by atoms with Crippen LogP contribution in [0.5, 0.6) is 0 Å². The van der Waals surface area contributed by atoms with E-state index in [4.69, 9.17) is 15.2 Å². The van der Waals surface area contributed by atoms with Gasteiger partial charge in [-0.2, -0.15) is 0 Å². The number of amides is 2. The molecule has 2 amide bonds. The maximum atomic E-state index is 12.3. The van der Waals surface area contributed by atoms with Gasteiger partial charge in [0.2, 0.25) is 18.0 Å². The van der Waals surface area contributed by atoms with Gasteiger partial charge in [-0.25, -0.2) is 0 Å². The van der Waals surface area contributed by atoms with Crippen LogP contribution in [0, 0.1) is 5.92 Å². The first-order valence-corrected chi connectivity index (χ1v) is 9.29. The van der Waals surface area contributed by atoms with E-state index < -0.39 is 6.29 Å². The zero-order valence-electron chi connectivity index (χ0n) is 15.5. The van der Waals surface area contributed by atoms with E-state index in [1.165, 1.54) is 6.26 Å². The maximum absolute atomic E-state index is 12.3. The Morgan fingerprint density at radius 1 is 1.00 bits per heavy atom. The van der Waals surface area contributed by atoms with Crippen LogP contribution >= 0.6 is 0 Å². The zero-order valence-corrected chi connectivity index (χ0v) is 15.5. The molecule has 2 aromatic carbocycles. The van der Waals surface area contributed by atoms with Crippen LogP contribution in [0.15, 0.2) is 72.7 Å². The van der Waals surface area contributed by atoms with Gasteiger partial charge in [0.25, 0.3) is 5.91 Å². The molecule has 0 bridgehead atoms. The minimum absolute atomic E-state index is 0.139.